The average molecular weight is 248 g/mol. The van der Waals surface area contributed by atoms with Crippen LogP contribution in [-0.4, -0.2) is 29.6 Å². The fourth-order valence-corrected chi connectivity index (χ4v) is 2.52. The van der Waals surface area contributed by atoms with Crippen molar-refractivity contribution in [1.82, 2.24) is 4.98 Å². The van der Waals surface area contributed by atoms with E-state index in [-0.39, 0.29) is 5.84 Å². The lowest BCUT2D eigenvalue weighted by Gasteiger charge is -2.22. The van der Waals surface area contributed by atoms with Crippen LogP contribution in [0.3, 0.4) is 0 Å². The van der Waals surface area contributed by atoms with Crippen molar-refractivity contribution in [2.75, 3.05) is 18.5 Å². The van der Waals surface area contributed by atoms with Gasteiger partial charge in [0.05, 0.1) is 0 Å². The Morgan fingerprint density at radius 2 is 2.28 bits per heavy atom. The number of pyridine rings is 1. The third-order valence-electron chi connectivity index (χ3n) is 3.55. The summed E-state index contributed by atoms with van der Waals surface area (Å²) < 4.78 is 0. The van der Waals surface area contributed by atoms with Crippen molar-refractivity contribution in [3.63, 3.8) is 0 Å². The molecule has 5 heteroatoms. The molecular weight excluding hydrogens is 228 g/mol. The zero-order chi connectivity index (χ0) is 13.0. The van der Waals surface area contributed by atoms with Gasteiger partial charge in [-0.3, -0.25) is 0 Å². The first-order valence-electron chi connectivity index (χ1n) is 6.36. The van der Waals surface area contributed by atoms with Crippen LogP contribution in [0.1, 0.15) is 31.2 Å². The second-order valence-electron chi connectivity index (χ2n) is 4.92. The summed E-state index contributed by atoms with van der Waals surface area (Å²) in [7, 11) is 2.04. The Kier molecular flexibility index (Phi) is 4.02. The molecule has 1 saturated carbocycles. The fraction of sp³-hybridized carbons (Fsp3) is 0.538. The molecule has 1 aromatic heterocycles. The van der Waals surface area contributed by atoms with Crippen LogP contribution in [0.4, 0.5) is 5.82 Å². The lowest BCUT2D eigenvalue weighted by atomic mass is 10.1. The maximum atomic E-state index is 8.68. The van der Waals surface area contributed by atoms with Gasteiger partial charge < -0.3 is 15.8 Å². The summed E-state index contributed by atoms with van der Waals surface area (Å²) in [5, 5.41) is 11.7. The maximum Gasteiger partial charge on any atom is 0.170 e. The van der Waals surface area contributed by atoms with Crippen LogP contribution in [0, 0.1) is 5.92 Å². The van der Waals surface area contributed by atoms with E-state index in [4.69, 9.17) is 10.9 Å². The van der Waals surface area contributed by atoms with E-state index in [1.165, 1.54) is 25.7 Å². The second kappa shape index (κ2) is 5.71. The summed E-state index contributed by atoms with van der Waals surface area (Å²) >= 11 is 0. The van der Waals surface area contributed by atoms with Crippen molar-refractivity contribution in [2.24, 2.45) is 16.8 Å². The number of hydrogen-bond acceptors (Lipinski definition) is 4. The van der Waals surface area contributed by atoms with Crippen LogP contribution in [-0.2, 0) is 0 Å². The number of oxime groups is 1. The molecule has 98 valence electrons. The Hall–Kier alpha value is -1.78. The molecule has 1 aromatic rings. The first-order valence-corrected chi connectivity index (χ1v) is 6.36. The lowest BCUT2D eigenvalue weighted by molar-refractivity contribution is 0.318. The topological polar surface area (TPSA) is 74.7 Å². The molecule has 3 N–H and O–H groups in total. The van der Waals surface area contributed by atoms with Crippen molar-refractivity contribution in [1.29, 1.82) is 0 Å². The summed E-state index contributed by atoms with van der Waals surface area (Å²) in [4.78, 5) is 6.47. The third kappa shape index (κ3) is 2.91. The van der Waals surface area contributed by atoms with Crippen molar-refractivity contribution in [3.8, 4) is 0 Å². The van der Waals surface area contributed by atoms with Crippen LogP contribution < -0.4 is 10.6 Å². The molecule has 0 aromatic carbocycles. The molecule has 0 amide bonds. The van der Waals surface area contributed by atoms with E-state index in [1.54, 1.807) is 12.3 Å². The quantitative estimate of drug-likeness (QED) is 0.369. The van der Waals surface area contributed by atoms with E-state index in [9.17, 15) is 0 Å². The van der Waals surface area contributed by atoms with Gasteiger partial charge in [0.25, 0.3) is 0 Å². The first kappa shape index (κ1) is 12.7. The Morgan fingerprint density at radius 1 is 1.56 bits per heavy atom. The Morgan fingerprint density at radius 3 is 2.94 bits per heavy atom. The minimum atomic E-state index is 0.118. The minimum Gasteiger partial charge on any atom is -0.409 e. The zero-order valence-electron chi connectivity index (χ0n) is 10.7. The van der Waals surface area contributed by atoms with E-state index >= 15 is 0 Å². The van der Waals surface area contributed by atoms with Crippen molar-refractivity contribution in [2.45, 2.75) is 25.7 Å². The molecule has 1 fully saturated rings. The summed E-state index contributed by atoms with van der Waals surface area (Å²) in [6, 6.07) is 3.59. The lowest BCUT2D eigenvalue weighted by Crippen LogP contribution is -2.25. The van der Waals surface area contributed by atoms with Crippen LogP contribution in [0.25, 0.3) is 0 Å². The minimum absolute atomic E-state index is 0.118. The summed E-state index contributed by atoms with van der Waals surface area (Å²) in [6.45, 7) is 1.02. The van der Waals surface area contributed by atoms with E-state index in [1.807, 2.05) is 13.1 Å². The normalized spacial score (nSPS) is 17.1. The van der Waals surface area contributed by atoms with Gasteiger partial charge in [-0.2, -0.15) is 0 Å². The summed E-state index contributed by atoms with van der Waals surface area (Å²) in [5.41, 5.74) is 6.28. The predicted molar refractivity (Wildman–Crippen MR) is 72.0 cm³/mol. The Bertz CT molecular complexity index is 427. The molecule has 1 aliphatic carbocycles. The summed E-state index contributed by atoms with van der Waals surface area (Å²) in [5.74, 6) is 1.75. The predicted octanol–water partition coefficient (Wildman–Crippen LogP) is 1.80. The Labute approximate surface area is 107 Å². The molecule has 0 unspecified atom stereocenters. The molecule has 0 spiro atoms. The molecule has 0 atom stereocenters. The van der Waals surface area contributed by atoms with E-state index in [0.29, 0.717) is 5.56 Å². The standard InChI is InChI=1S/C13H20N4O/c1-17(9-10-4-2-3-5-10)12-8-11(6-7-15-12)13(14)16-18/h6-8,10,18H,2-5,9H2,1H3,(H2,14,16). The van der Waals surface area contributed by atoms with Crippen LogP contribution in [0.2, 0.25) is 0 Å². The van der Waals surface area contributed by atoms with Crippen LogP contribution in [0.15, 0.2) is 23.5 Å². The van der Waals surface area contributed by atoms with E-state index in [2.05, 4.69) is 15.0 Å². The largest absolute Gasteiger partial charge is 0.409 e. The van der Waals surface area contributed by atoms with Gasteiger partial charge in [0.1, 0.15) is 5.82 Å². The molecule has 1 aliphatic rings. The second-order valence-corrected chi connectivity index (χ2v) is 4.92. The zero-order valence-corrected chi connectivity index (χ0v) is 10.7. The Balaban J connectivity index is 2.07. The molecular formula is C13H20N4O. The average Bonchev–Trinajstić information content (AvgIpc) is 2.90. The van der Waals surface area contributed by atoms with Gasteiger partial charge >= 0.3 is 0 Å². The molecule has 0 bridgehead atoms. The molecule has 0 saturated heterocycles. The SMILES string of the molecule is CN(CC1CCCC1)c1cc(C(N)=NO)ccn1. The van der Waals surface area contributed by atoms with Gasteiger partial charge in [-0.15, -0.1) is 0 Å². The number of rotatable bonds is 4. The number of aromatic nitrogens is 1. The number of nitrogens with two attached hydrogens (primary N) is 1. The first-order chi connectivity index (χ1) is 8.70. The van der Waals surface area contributed by atoms with Crippen molar-refractivity contribution in [3.05, 3.63) is 23.9 Å². The highest BCUT2D eigenvalue weighted by Crippen LogP contribution is 2.26. The molecule has 2 rings (SSSR count). The molecule has 18 heavy (non-hydrogen) atoms. The number of amidine groups is 1. The van der Waals surface area contributed by atoms with Crippen LogP contribution in [0.5, 0.6) is 0 Å². The highest BCUT2D eigenvalue weighted by Gasteiger charge is 2.17. The molecule has 0 radical (unpaired) electrons. The smallest absolute Gasteiger partial charge is 0.170 e. The van der Waals surface area contributed by atoms with Gasteiger partial charge in [0.15, 0.2) is 5.84 Å². The van der Waals surface area contributed by atoms with Gasteiger partial charge in [-0.25, -0.2) is 4.98 Å². The van der Waals surface area contributed by atoms with Crippen molar-refractivity contribution >= 4 is 11.7 Å². The highest BCUT2D eigenvalue weighted by molar-refractivity contribution is 5.97. The highest BCUT2D eigenvalue weighted by atomic mass is 16.4. The van der Waals surface area contributed by atoms with Gasteiger partial charge in [0.2, 0.25) is 0 Å². The number of nitrogens with zero attached hydrogens (tertiary/aromatic N) is 3. The monoisotopic (exact) mass is 248 g/mol. The third-order valence-corrected chi connectivity index (χ3v) is 3.55. The van der Waals surface area contributed by atoms with E-state index < -0.39 is 0 Å². The number of anilines is 1. The van der Waals surface area contributed by atoms with Crippen molar-refractivity contribution < 1.29 is 5.21 Å². The molecule has 1 heterocycles. The summed E-state index contributed by atoms with van der Waals surface area (Å²) in [6.07, 6.45) is 6.99. The van der Waals surface area contributed by atoms with Gasteiger partial charge in [0, 0.05) is 25.4 Å². The van der Waals surface area contributed by atoms with E-state index in [0.717, 1.165) is 18.3 Å². The van der Waals surface area contributed by atoms with Gasteiger partial charge in [-0.1, -0.05) is 18.0 Å². The fourth-order valence-electron chi connectivity index (χ4n) is 2.52. The van der Waals surface area contributed by atoms with Crippen LogP contribution >= 0.6 is 0 Å². The maximum absolute atomic E-state index is 8.68. The number of hydrogen-bond donors (Lipinski definition) is 2. The molecule has 0 aliphatic heterocycles. The van der Waals surface area contributed by atoms with Gasteiger partial charge in [-0.05, 0) is 30.9 Å². The molecule has 5 nitrogen and oxygen atoms in total.